The number of aromatic nitrogens is 1. The molecule has 0 spiro atoms. The molecule has 0 aliphatic rings. The summed E-state index contributed by atoms with van der Waals surface area (Å²) in [6.07, 6.45) is 1.14. The summed E-state index contributed by atoms with van der Waals surface area (Å²) in [5.41, 5.74) is 3.22. The Morgan fingerprint density at radius 1 is 1.21 bits per heavy atom. The minimum Gasteiger partial charge on any atom is -0.496 e. The zero-order valence-corrected chi connectivity index (χ0v) is 18.4. The third kappa shape index (κ3) is 5.44. The van der Waals surface area contributed by atoms with Crippen LogP contribution in [0.2, 0.25) is 0 Å². The maximum Gasteiger partial charge on any atom is 0.187 e. The first-order valence-electron chi connectivity index (χ1n) is 9.98. The quantitative estimate of drug-likeness (QED) is 0.441. The van der Waals surface area contributed by atoms with Crippen molar-refractivity contribution in [1.82, 2.24) is 15.4 Å². The minimum absolute atomic E-state index is 0.737. The van der Waals surface area contributed by atoms with Gasteiger partial charge >= 0.3 is 0 Å². The lowest BCUT2D eigenvalue weighted by Gasteiger charge is -2.21. The standard InChI is InChI=1S/C22H30N4O2S/c1-5-11-26(12-10-23-3)15-17-13-16(2)21-19(14-17)28-24-22(21)25-29-20-9-7-6-8-18(20)27-4/h6-9,13-14,23H,5,10-12,15H2,1-4H3,(H,24,25). The molecule has 0 atom stereocenters. The van der Waals surface area contributed by atoms with Crippen LogP contribution in [0.5, 0.6) is 5.75 Å². The number of methoxy groups -OCH3 is 1. The Kier molecular flexibility index (Phi) is 7.80. The Bertz CT molecular complexity index is 928. The number of ether oxygens (including phenoxy) is 1. The number of benzene rings is 2. The van der Waals surface area contributed by atoms with Gasteiger partial charge in [0.05, 0.1) is 17.4 Å². The van der Waals surface area contributed by atoms with Crippen molar-refractivity contribution in [1.29, 1.82) is 0 Å². The number of hydrogen-bond donors (Lipinski definition) is 2. The van der Waals surface area contributed by atoms with Crippen LogP contribution in [0.1, 0.15) is 24.5 Å². The molecule has 3 aromatic rings. The van der Waals surface area contributed by atoms with Gasteiger partial charge in [-0.1, -0.05) is 30.3 Å². The third-order valence-electron chi connectivity index (χ3n) is 4.78. The van der Waals surface area contributed by atoms with E-state index >= 15 is 0 Å². The Morgan fingerprint density at radius 3 is 2.79 bits per heavy atom. The minimum atomic E-state index is 0.737. The van der Waals surface area contributed by atoms with E-state index in [2.05, 4.69) is 46.1 Å². The van der Waals surface area contributed by atoms with Gasteiger partial charge < -0.3 is 19.3 Å². The van der Waals surface area contributed by atoms with Crippen LogP contribution in [0.15, 0.2) is 45.8 Å². The number of rotatable bonds is 11. The van der Waals surface area contributed by atoms with Crippen molar-refractivity contribution in [3.05, 3.63) is 47.5 Å². The Morgan fingerprint density at radius 2 is 2.03 bits per heavy atom. The average Bonchev–Trinajstić information content (AvgIpc) is 3.14. The van der Waals surface area contributed by atoms with Crippen LogP contribution in [0.3, 0.4) is 0 Å². The highest BCUT2D eigenvalue weighted by Crippen LogP contribution is 2.34. The zero-order chi connectivity index (χ0) is 20.6. The number of nitrogens with zero attached hydrogens (tertiary/aromatic N) is 2. The van der Waals surface area contributed by atoms with Crippen molar-refractivity contribution in [3.63, 3.8) is 0 Å². The van der Waals surface area contributed by atoms with E-state index < -0.39 is 0 Å². The first kappa shape index (κ1) is 21.5. The summed E-state index contributed by atoms with van der Waals surface area (Å²) in [4.78, 5) is 3.46. The van der Waals surface area contributed by atoms with E-state index in [9.17, 15) is 0 Å². The van der Waals surface area contributed by atoms with Gasteiger partial charge in [-0.05, 0) is 68.2 Å². The molecule has 0 amide bonds. The second kappa shape index (κ2) is 10.5. The molecular weight excluding hydrogens is 384 g/mol. The molecule has 0 aliphatic heterocycles. The molecule has 1 aromatic heterocycles. The average molecular weight is 415 g/mol. The number of fused-ring (bicyclic) bond motifs is 1. The molecule has 2 aromatic carbocycles. The molecule has 6 nitrogen and oxygen atoms in total. The van der Waals surface area contributed by atoms with Crippen molar-refractivity contribution in [2.24, 2.45) is 0 Å². The molecule has 3 rings (SSSR count). The summed E-state index contributed by atoms with van der Waals surface area (Å²) in [6.45, 7) is 8.33. The van der Waals surface area contributed by atoms with Crippen LogP contribution in [0, 0.1) is 6.92 Å². The molecule has 156 valence electrons. The van der Waals surface area contributed by atoms with Crippen LogP contribution in [-0.4, -0.2) is 43.8 Å². The smallest absolute Gasteiger partial charge is 0.187 e. The SMILES string of the molecule is CCCN(CCNC)Cc1cc(C)c2c(NSc3ccccc3OC)noc2c1. The van der Waals surface area contributed by atoms with Crippen molar-refractivity contribution in [3.8, 4) is 5.75 Å². The van der Waals surface area contributed by atoms with Gasteiger partial charge in [0, 0.05) is 19.6 Å². The Labute approximate surface area is 177 Å². The number of hydrogen-bond acceptors (Lipinski definition) is 7. The van der Waals surface area contributed by atoms with Gasteiger partial charge in [-0.25, -0.2) is 0 Å². The maximum absolute atomic E-state index is 5.65. The lowest BCUT2D eigenvalue weighted by atomic mass is 10.1. The Balaban J connectivity index is 1.76. The second-order valence-electron chi connectivity index (χ2n) is 7.05. The van der Waals surface area contributed by atoms with E-state index in [-0.39, 0.29) is 0 Å². The molecule has 2 N–H and O–H groups in total. The van der Waals surface area contributed by atoms with Gasteiger partial charge in [-0.3, -0.25) is 4.90 Å². The van der Waals surface area contributed by atoms with Crippen LogP contribution in [0.4, 0.5) is 5.82 Å². The summed E-state index contributed by atoms with van der Waals surface area (Å²) in [7, 11) is 3.67. The summed E-state index contributed by atoms with van der Waals surface area (Å²) in [5.74, 6) is 1.56. The number of anilines is 1. The highest BCUT2D eigenvalue weighted by Gasteiger charge is 2.15. The normalized spacial score (nSPS) is 11.3. The molecule has 0 saturated heterocycles. The van der Waals surface area contributed by atoms with Gasteiger partial charge in [0.15, 0.2) is 11.4 Å². The second-order valence-corrected chi connectivity index (χ2v) is 7.90. The number of para-hydroxylation sites is 1. The molecule has 0 bridgehead atoms. The maximum atomic E-state index is 5.65. The van der Waals surface area contributed by atoms with Crippen LogP contribution < -0.4 is 14.8 Å². The molecule has 0 radical (unpaired) electrons. The lowest BCUT2D eigenvalue weighted by Crippen LogP contribution is -2.31. The first-order valence-corrected chi connectivity index (χ1v) is 10.8. The van der Waals surface area contributed by atoms with Crippen molar-refractivity contribution >= 4 is 28.7 Å². The van der Waals surface area contributed by atoms with E-state index in [0.29, 0.717) is 0 Å². The molecule has 1 heterocycles. The predicted octanol–water partition coefficient (Wildman–Crippen LogP) is 4.70. The van der Waals surface area contributed by atoms with E-state index in [1.807, 2.05) is 31.3 Å². The monoisotopic (exact) mass is 414 g/mol. The lowest BCUT2D eigenvalue weighted by molar-refractivity contribution is 0.268. The van der Waals surface area contributed by atoms with E-state index in [1.54, 1.807) is 7.11 Å². The van der Waals surface area contributed by atoms with E-state index in [1.165, 1.54) is 17.5 Å². The van der Waals surface area contributed by atoms with Gasteiger partial charge in [0.1, 0.15) is 5.75 Å². The van der Waals surface area contributed by atoms with Gasteiger partial charge in [-0.2, -0.15) is 0 Å². The van der Waals surface area contributed by atoms with Crippen LogP contribution in [0.25, 0.3) is 11.0 Å². The molecule has 0 unspecified atom stereocenters. The van der Waals surface area contributed by atoms with Gasteiger partial charge in [0.2, 0.25) is 0 Å². The fourth-order valence-corrected chi connectivity index (χ4v) is 4.17. The van der Waals surface area contributed by atoms with Crippen LogP contribution >= 0.6 is 11.9 Å². The third-order valence-corrected chi connectivity index (χ3v) is 5.63. The van der Waals surface area contributed by atoms with E-state index in [0.717, 1.165) is 65.6 Å². The molecular formula is C22H30N4O2S. The highest BCUT2D eigenvalue weighted by atomic mass is 32.2. The molecule has 0 aliphatic carbocycles. The molecule has 29 heavy (non-hydrogen) atoms. The number of aryl methyl sites for hydroxylation is 1. The summed E-state index contributed by atoms with van der Waals surface area (Å²) >= 11 is 1.47. The summed E-state index contributed by atoms with van der Waals surface area (Å²) in [5, 5.41) is 8.52. The fraction of sp³-hybridized carbons (Fsp3) is 0.409. The molecule has 0 fully saturated rings. The largest absolute Gasteiger partial charge is 0.496 e. The zero-order valence-electron chi connectivity index (χ0n) is 17.6. The van der Waals surface area contributed by atoms with Crippen LogP contribution in [-0.2, 0) is 6.54 Å². The van der Waals surface area contributed by atoms with E-state index in [4.69, 9.17) is 9.26 Å². The fourth-order valence-electron chi connectivity index (χ4n) is 3.42. The Hall–Kier alpha value is -2.22. The van der Waals surface area contributed by atoms with Gasteiger partial charge in [-0.15, -0.1) is 0 Å². The predicted molar refractivity (Wildman–Crippen MR) is 121 cm³/mol. The summed E-state index contributed by atoms with van der Waals surface area (Å²) < 4.78 is 14.4. The topological polar surface area (TPSA) is 62.6 Å². The molecule has 7 heteroatoms. The molecule has 0 saturated carbocycles. The van der Waals surface area contributed by atoms with Crippen molar-refractivity contribution in [2.45, 2.75) is 31.7 Å². The van der Waals surface area contributed by atoms with Gasteiger partial charge in [0.25, 0.3) is 0 Å². The van der Waals surface area contributed by atoms with Crippen molar-refractivity contribution in [2.75, 3.05) is 38.5 Å². The van der Waals surface area contributed by atoms with Crippen molar-refractivity contribution < 1.29 is 9.26 Å². The first-order chi connectivity index (χ1) is 14.2. The number of likely N-dealkylation sites (N-methyl/N-ethyl adjacent to an activating group) is 1. The highest BCUT2D eigenvalue weighted by molar-refractivity contribution is 8.00. The number of nitrogens with one attached hydrogen (secondary N) is 2. The summed E-state index contributed by atoms with van der Waals surface area (Å²) in [6, 6.07) is 12.2.